The lowest BCUT2D eigenvalue weighted by atomic mass is 10.2. The van der Waals surface area contributed by atoms with Gasteiger partial charge in [-0.25, -0.2) is 4.90 Å². The van der Waals surface area contributed by atoms with E-state index >= 15 is 0 Å². The van der Waals surface area contributed by atoms with Crippen LogP contribution >= 0.6 is 58.0 Å². The highest BCUT2D eigenvalue weighted by Gasteiger charge is 2.39. The number of amides is 3. The van der Waals surface area contributed by atoms with Crippen molar-refractivity contribution in [3.63, 3.8) is 0 Å². The Morgan fingerprint density at radius 1 is 0.676 bits per heavy atom. The summed E-state index contributed by atoms with van der Waals surface area (Å²) in [4.78, 5) is 38.9. The lowest BCUT2D eigenvalue weighted by Crippen LogP contribution is -2.32. The standard InChI is InChI=1S/C23H12Cl5N3O3/c24-12-5-13(25)8-17(7-12)30-21(32)11-1-3-16(4-2-11)29-20-19(28)22(33)31(23(20)34)18-9-14(26)6-15(27)10-18/h1-10,29H,(H,30,32). The maximum atomic E-state index is 12.9. The van der Waals surface area contributed by atoms with Crippen LogP contribution in [0.1, 0.15) is 10.4 Å². The number of imide groups is 1. The summed E-state index contributed by atoms with van der Waals surface area (Å²) in [6.07, 6.45) is 0. The van der Waals surface area contributed by atoms with Crippen LogP contribution in [0.2, 0.25) is 20.1 Å². The molecule has 0 unspecified atom stereocenters. The van der Waals surface area contributed by atoms with Crippen LogP contribution in [0, 0.1) is 0 Å². The molecule has 172 valence electrons. The van der Waals surface area contributed by atoms with Gasteiger partial charge in [-0.2, -0.15) is 0 Å². The number of halogens is 5. The first-order valence-corrected chi connectivity index (χ1v) is 11.4. The van der Waals surface area contributed by atoms with Crippen LogP contribution in [0.4, 0.5) is 17.1 Å². The average Bonchev–Trinajstić information content (AvgIpc) is 2.96. The van der Waals surface area contributed by atoms with Crippen LogP contribution in [0.25, 0.3) is 0 Å². The predicted molar refractivity (Wildman–Crippen MR) is 136 cm³/mol. The largest absolute Gasteiger partial charge is 0.350 e. The molecule has 6 nitrogen and oxygen atoms in total. The molecule has 1 heterocycles. The van der Waals surface area contributed by atoms with Gasteiger partial charge in [-0.05, 0) is 60.7 Å². The summed E-state index contributed by atoms with van der Waals surface area (Å²) in [5.41, 5.74) is 1.29. The number of carbonyl (C=O) groups excluding carboxylic acids is 3. The van der Waals surface area contributed by atoms with Crippen molar-refractivity contribution in [1.29, 1.82) is 0 Å². The van der Waals surface area contributed by atoms with Crippen LogP contribution in [-0.2, 0) is 9.59 Å². The average molecular weight is 556 g/mol. The lowest BCUT2D eigenvalue weighted by molar-refractivity contribution is -0.120. The Balaban J connectivity index is 1.50. The van der Waals surface area contributed by atoms with Crippen molar-refractivity contribution >= 4 is 92.8 Å². The van der Waals surface area contributed by atoms with Gasteiger partial charge in [-0.1, -0.05) is 58.0 Å². The van der Waals surface area contributed by atoms with E-state index in [4.69, 9.17) is 58.0 Å². The van der Waals surface area contributed by atoms with Gasteiger partial charge in [0.15, 0.2) is 0 Å². The predicted octanol–water partition coefficient (Wildman–Crippen LogP) is 6.99. The number of benzene rings is 3. The SMILES string of the molecule is O=C(Nc1cc(Cl)cc(Cl)c1)c1ccc(NC2=C(Cl)C(=O)N(c3cc(Cl)cc(Cl)c3)C2=O)cc1. The van der Waals surface area contributed by atoms with Crippen molar-refractivity contribution in [3.8, 4) is 0 Å². The molecule has 3 aromatic rings. The van der Waals surface area contributed by atoms with Crippen molar-refractivity contribution in [2.45, 2.75) is 0 Å². The maximum Gasteiger partial charge on any atom is 0.283 e. The fraction of sp³-hybridized carbons (Fsp3) is 0. The van der Waals surface area contributed by atoms with Crippen molar-refractivity contribution < 1.29 is 14.4 Å². The van der Waals surface area contributed by atoms with Crippen molar-refractivity contribution in [2.24, 2.45) is 0 Å². The molecule has 0 fully saturated rings. The summed E-state index contributed by atoms with van der Waals surface area (Å²) < 4.78 is 0. The van der Waals surface area contributed by atoms with E-state index in [-0.39, 0.29) is 26.5 Å². The van der Waals surface area contributed by atoms with Crippen molar-refractivity contribution in [2.75, 3.05) is 15.5 Å². The summed E-state index contributed by atoms with van der Waals surface area (Å²) >= 11 is 30.0. The zero-order valence-corrected chi connectivity index (χ0v) is 20.6. The second-order valence-electron chi connectivity index (χ2n) is 7.08. The Labute approximate surface area is 219 Å². The van der Waals surface area contributed by atoms with Gasteiger partial charge in [0.05, 0.1) is 5.69 Å². The Morgan fingerprint density at radius 2 is 1.21 bits per heavy atom. The van der Waals surface area contributed by atoms with Gasteiger partial charge in [0.25, 0.3) is 17.7 Å². The van der Waals surface area contributed by atoms with Crippen molar-refractivity contribution in [1.82, 2.24) is 0 Å². The van der Waals surface area contributed by atoms with Crippen LogP contribution in [-0.4, -0.2) is 17.7 Å². The summed E-state index contributed by atoms with van der Waals surface area (Å²) in [7, 11) is 0. The fourth-order valence-corrected chi connectivity index (χ4v) is 4.45. The molecule has 0 radical (unpaired) electrons. The van der Waals surface area contributed by atoms with E-state index < -0.39 is 17.7 Å². The Morgan fingerprint density at radius 3 is 1.76 bits per heavy atom. The maximum absolute atomic E-state index is 12.9. The Bertz CT molecular complexity index is 1330. The van der Waals surface area contributed by atoms with E-state index in [1.54, 1.807) is 30.3 Å². The molecule has 11 heteroatoms. The molecule has 0 aliphatic carbocycles. The first-order chi connectivity index (χ1) is 16.1. The number of hydrogen-bond donors (Lipinski definition) is 2. The molecular formula is C23H12Cl5N3O3. The number of carbonyl (C=O) groups is 3. The molecule has 34 heavy (non-hydrogen) atoms. The molecule has 0 saturated carbocycles. The summed E-state index contributed by atoms with van der Waals surface area (Å²) in [5, 5.41) is 6.53. The topological polar surface area (TPSA) is 78.5 Å². The zero-order valence-electron chi connectivity index (χ0n) is 16.8. The molecule has 2 N–H and O–H groups in total. The van der Waals surface area contributed by atoms with Gasteiger partial charge < -0.3 is 10.6 Å². The molecule has 1 aliphatic heterocycles. The summed E-state index contributed by atoms with van der Waals surface area (Å²) in [5.74, 6) is -1.78. The van der Waals surface area contributed by atoms with Crippen molar-refractivity contribution in [3.05, 3.63) is 97.0 Å². The molecule has 0 saturated heterocycles. The molecule has 0 bridgehead atoms. The van der Waals surface area contributed by atoms with E-state index in [1.165, 1.54) is 30.3 Å². The summed E-state index contributed by atoms with van der Waals surface area (Å²) in [6.45, 7) is 0. The molecule has 0 atom stereocenters. The van der Waals surface area contributed by atoms with Gasteiger partial charge in [0.1, 0.15) is 10.7 Å². The van der Waals surface area contributed by atoms with E-state index in [2.05, 4.69) is 10.6 Å². The van der Waals surface area contributed by atoms with Gasteiger partial charge >= 0.3 is 0 Å². The molecule has 0 aromatic heterocycles. The minimum atomic E-state index is -0.719. The number of nitrogens with one attached hydrogen (secondary N) is 2. The van der Waals surface area contributed by atoms with E-state index in [9.17, 15) is 14.4 Å². The lowest BCUT2D eigenvalue weighted by Gasteiger charge is -2.16. The molecule has 3 amide bonds. The first-order valence-electron chi connectivity index (χ1n) is 9.51. The Kier molecular flexibility index (Phi) is 7.07. The van der Waals surface area contributed by atoms with E-state index in [1.807, 2.05) is 0 Å². The first kappa shape index (κ1) is 24.4. The minimum Gasteiger partial charge on any atom is -0.350 e. The van der Waals surface area contributed by atoms with Crippen LogP contribution < -0.4 is 15.5 Å². The quantitative estimate of drug-likeness (QED) is 0.333. The molecule has 1 aliphatic rings. The van der Waals surface area contributed by atoms with E-state index in [0.29, 0.717) is 27.0 Å². The number of rotatable bonds is 5. The number of nitrogens with zero attached hydrogens (tertiary/aromatic N) is 1. The minimum absolute atomic E-state index is 0.117. The Hall–Kier alpha value is -2.74. The number of hydrogen-bond acceptors (Lipinski definition) is 4. The normalized spacial score (nSPS) is 13.5. The third-order valence-electron chi connectivity index (χ3n) is 4.67. The fourth-order valence-electron chi connectivity index (χ4n) is 3.19. The third kappa shape index (κ3) is 5.17. The molecule has 3 aromatic carbocycles. The van der Waals surface area contributed by atoms with E-state index in [0.717, 1.165) is 4.90 Å². The second-order valence-corrected chi connectivity index (χ2v) is 9.20. The molecule has 0 spiro atoms. The number of anilines is 3. The third-order valence-corrected chi connectivity index (χ3v) is 5.89. The molecular weight excluding hydrogens is 544 g/mol. The van der Waals surface area contributed by atoms with Gasteiger partial charge in [-0.3, -0.25) is 14.4 Å². The summed E-state index contributed by atoms with van der Waals surface area (Å²) in [6, 6.07) is 15.2. The highest BCUT2D eigenvalue weighted by atomic mass is 35.5. The van der Waals surface area contributed by atoms with Gasteiger partial charge in [-0.15, -0.1) is 0 Å². The van der Waals surface area contributed by atoms with Gasteiger partial charge in [0, 0.05) is 37.0 Å². The smallest absolute Gasteiger partial charge is 0.283 e. The highest BCUT2D eigenvalue weighted by molar-refractivity contribution is 6.53. The van der Waals surface area contributed by atoms with Gasteiger partial charge in [0.2, 0.25) is 0 Å². The van der Waals surface area contributed by atoms with Crippen LogP contribution in [0.15, 0.2) is 71.4 Å². The monoisotopic (exact) mass is 553 g/mol. The van der Waals surface area contributed by atoms with Crippen LogP contribution in [0.5, 0.6) is 0 Å². The zero-order chi connectivity index (χ0) is 24.6. The highest BCUT2D eigenvalue weighted by Crippen LogP contribution is 2.33. The molecule has 4 rings (SSSR count). The second kappa shape index (κ2) is 9.86. The van der Waals surface area contributed by atoms with Crippen LogP contribution in [0.3, 0.4) is 0 Å².